The maximum atomic E-state index is 12.9. The summed E-state index contributed by atoms with van der Waals surface area (Å²) in [4.78, 5) is 42.9. The molecule has 152 valence electrons. The van der Waals surface area contributed by atoms with E-state index in [0.717, 1.165) is 0 Å². The highest BCUT2D eigenvalue weighted by Gasteiger charge is 2.38. The van der Waals surface area contributed by atoms with E-state index in [-0.39, 0.29) is 41.3 Å². The summed E-state index contributed by atoms with van der Waals surface area (Å²) in [5, 5.41) is 2.65. The first kappa shape index (κ1) is 20.1. The number of pyridine rings is 1. The number of aromatic nitrogens is 1. The average Bonchev–Trinajstić information content (AvgIpc) is 2.69. The van der Waals surface area contributed by atoms with Crippen molar-refractivity contribution in [2.45, 2.75) is 20.0 Å². The molecule has 1 aliphatic heterocycles. The molecule has 0 radical (unpaired) electrons. The molecule has 0 bridgehead atoms. The number of para-hydroxylation sites is 1. The highest BCUT2D eigenvalue weighted by molar-refractivity contribution is 6.07. The number of nitrogens with two attached hydrogens (primary N) is 1. The van der Waals surface area contributed by atoms with Gasteiger partial charge in [0.15, 0.2) is 17.7 Å². The van der Waals surface area contributed by atoms with Gasteiger partial charge in [-0.2, -0.15) is 0 Å². The SMILES string of the molecule is COC(=O)c1ccccc1NC(=O)CN1C(=O)C(C(C)C)Oc2ccc(N)nc21. The maximum Gasteiger partial charge on any atom is 0.339 e. The minimum absolute atomic E-state index is 0.112. The lowest BCUT2D eigenvalue weighted by Gasteiger charge is -2.34. The summed E-state index contributed by atoms with van der Waals surface area (Å²) in [5.41, 5.74) is 6.24. The molecule has 9 heteroatoms. The van der Waals surface area contributed by atoms with Crippen molar-refractivity contribution in [3.8, 4) is 5.75 Å². The van der Waals surface area contributed by atoms with Gasteiger partial charge in [-0.25, -0.2) is 9.78 Å². The lowest BCUT2D eigenvalue weighted by atomic mass is 10.0. The number of fused-ring (bicyclic) bond motifs is 1. The number of carbonyl (C=O) groups excluding carboxylic acids is 3. The number of hydrogen-bond acceptors (Lipinski definition) is 7. The summed E-state index contributed by atoms with van der Waals surface area (Å²) in [6, 6.07) is 9.63. The Hall–Kier alpha value is -3.62. The quantitative estimate of drug-likeness (QED) is 0.737. The smallest absolute Gasteiger partial charge is 0.339 e. The Labute approximate surface area is 167 Å². The van der Waals surface area contributed by atoms with E-state index >= 15 is 0 Å². The molecule has 2 heterocycles. The Morgan fingerprint density at radius 2 is 2.00 bits per heavy atom. The van der Waals surface area contributed by atoms with E-state index in [4.69, 9.17) is 15.2 Å². The average molecular weight is 398 g/mol. The van der Waals surface area contributed by atoms with Gasteiger partial charge in [-0.05, 0) is 30.2 Å². The summed E-state index contributed by atoms with van der Waals surface area (Å²) < 4.78 is 10.5. The van der Waals surface area contributed by atoms with Gasteiger partial charge in [0.2, 0.25) is 5.91 Å². The third kappa shape index (κ3) is 4.13. The van der Waals surface area contributed by atoms with E-state index in [1.165, 1.54) is 18.1 Å². The molecule has 0 aliphatic carbocycles. The molecule has 1 atom stereocenters. The largest absolute Gasteiger partial charge is 0.476 e. The molecular weight excluding hydrogens is 376 g/mol. The molecule has 0 saturated heterocycles. The first-order chi connectivity index (χ1) is 13.8. The van der Waals surface area contributed by atoms with Crippen molar-refractivity contribution in [3.05, 3.63) is 42.0 Å². The number of ether oxygens (including phenoxy) is 2. The second kappa shape index (κ2) is 8.17. The molecule has 1 aromatic heterocycles. The van der Waals surface area contributed by atoms with Crippen LogP contribution < -0.4 is 20.7 Å². The van der Waals surface area contributed by atoms with Crippen molar-refractivity contribution >= 4 is 35.1 Å². The molecule has 3 N–H and O–H groups in total. The highest BCUT2D eigenvalue weighted by Crippen LogP contribution is 2.34. The molecule has 0 spiro atoms. The zero-order valence-electron chi connectivity index (χ0n) is 16.3. The Balaban J connectivity index is 1.87. The zero-order chi connectivity index (χ0) is 21.1. The molecular formula is C20H22N4O5. The molecule has 9 nitrogen and oxygen atoms in total. The van der Waals surface area contributed by atoms with E-state index in [1.807, 2.05) is 13.8 Å². The van der Waals surface area contributed by atoms with Crippen molar-refractivity contribution in [2.24, 2.45) is 5.92 Å². The number of amides is 2. The van der Waals surface area contributed by atoms with Crippen LogP contribution in [-0.2, 0) is 14.3 Å². The predicted molar refractivity (Wildman–Crippen MR) is 107 cm³/mol. The normalized spacial score (nSPS) is 15.5. The van der Waals surface area contributed by atoms with Crippen LogP contribution in [-0.4, -0.2) is 42.5 Å². The van der Waals surface area contributed by atoms with Crippen LogP contribution in [0.5, 0.6) is 5.75 Å². The summed E-state index contributed by atoms with van der Waals surface area (Å²) >= 11 is 0. The lowest BCUT2D eigenvalue weighted by molar-refractivity contribution is -0.129. The monoisotopic (exact) mass is 398 g/mol. The van der Waals surface area contributed by atoms with Gasteiger partial charge in [-0.1, -0.05) is 26.0 Å². The van der Waals surface area contributed by atoms with Gasteiger partial charge < -0.3 is 20.5 Å². The van der Waals surface area contributed by atoms with Crippen LogP contribution in [0.3, 0.4) is 0 Å². The van der Waals surface area contributed by atoms with Crippen LogP contribution in [0, 0.1) is 5.92 Å². The van der Waals surface area contributed by atoms with Gasteiger partial charge in [0.05, 0.1) is 18.4 Å². The van der Waals surface area contributed by atoms with Crippen LogP contribution in [0.2, 0.25) is 0 Å². The maximum absolute atomic E-state index is 12.9. The molecule has 2 amide bonds. The van der Waals surface area contributed by atoms with E-state index < -0.39 is 18.0 Å². The van der Waals surface area contributed by atoms with Gasteiger partial charge in [0.25, 0.3) is 5.91 Å². The predicted octanol–water partition coefficient (Wildman–Crippen LogP) is 1.84. The minimum atomic E-state index is -0.747. The van der Waals surface area contributed by atoms with E-state index in [2.05, 4.69) is 10.3 Å². The number of benzene rings is 1. The molecule has 0 saturated carbocycles. The fourth-order valence-electron chi connectivity index (χ4n) is 2.97. The summed E-state index contributed by atoms with van der Waals surface area (Å²) in [6.45, 7) is 3.39. The lowest BCUT2D eigenvalue weighted by Crippen LogP contribution is -2.51. The van der Waals surface area contributed by atoms with Crippen molar-refractivity contribution in [1.29, 1.82) is 0 Å². The number of methoxy groups -OCH3 is 1. The second-order valence-electron chi connectivity index (χ2n) is 6.85. The Kier molecular flexibility index (Phi) is 5.67. The summed E-state index contributed by atoms with van der Waals surface area (Å²) in [5.74, 6) is -0.828. The van der Waals surface area contributed by atoms with E-state index in [9.17, 15) is 14.4 Å². The van der Waals surface area contributed by atoms with E-state index in [1.54, 1.807) is 30.3 Å². The summed E-state index contributed by atoms with van der Waals surface area (Å²) in [7, 11) is 1.26. The summed E-state index contributed by atoms with van der Waals surface area (Å²) in [6.07, 6.45) is -0.747. The van der Waals surface area contributed by atoms with Gasteiger partial charge >= 0.3 is 5.97 Å². The molecule has 29 heavy (non-hydrogen) atoms. The van der Waals surface area contributed by atoms with Crippen molar-refractivity contribution < 1.29 is 23.9 Å². The van der Waals surface area contributed by atoms with Crippen LogP contribution in [0.4, 0.5) is 17.3 Å². The number of rotatable bonds is 5. The van der Waals surface area contributed by atoms with Crippen LogP contribution >= 0.6 is 0 Å². The van der Waals surface area contributed by atoms with Gasteiger partial charge in [0, 0.05) is 0 Å². The number of esters is 1. The van der Waals surface area contributed by atoms with Crippen LogP contribution in [0.1, 0.15) is 24.2 Å². The van der Waals surface area contributed by atoms with Crippen LogP contribution in [0.25, 0.3) is 0 Å². The van der Waals surface area contributed by atoms with E-state index in [0.29, 0.717) is 5.75 Å². The van der Waals surface area contributed by atoms with Gasteiger partial charge in [-0.3, -0.25) is 14.5 Å². The van der Waals surface area contributed by atoms with Crippen molar-refractivity contribution in [3.63, 3.8) is 0 Å². The topological polar surface area (TPSA) is 124 Å². The minimum Gasteiger partial charge on any atom is -0.476 e. The zero-order valence-corrected chi connectivity index (χ0v) is 16.3. The number of nitrogens with zero attached hydrogens (tertiary/aromatic N) is 2. The van der Waals surface area contributed by atoms with Gasteiger partial charge in [-0.15, -0.1) is 0 Å². The second-order valence-corrected chi connectivity index (χ2v) is 6.85. The number of nitrogens with one attached hydrogen (secondary N) is 1. The number of hydrogen-bond donors (Lipinski definition) is 2. The third-order valence-electron chi connectivity index (χ3n) is 4.39. The molecule has 1 aromatic carbocycles. The highest BCUT2D eigenvalue weighted by atomic mass is 16.5. The molecule has 0 fully saturated rings. The molecule has 2 aromatic rings. The first-order valence-corrected chi connectivity index (χ1v) is 9.03. The Bertz CT molecular complexity index is 960. The van der Waals surface area contributed by atoms with Crippen LogP contribution in [0.15, 0.2) is 36.4 Å². The fourth-order valence-corrected chi connectivity index (χ4v) is 2.97. The van der Waals surface area contributed by atoms with Gasteiger partial charge in [0.1, 0.15) is 12.4 Å². The number of carbonyl (C=O) groups is 3. The number of nitrogen functional groups attached to an aromatic ring is 1. The molecule has 1 aliphatic rings. The first-order valence-electron chi connectivity index (χ1n) is 9.03. The Morgan fingerprint density at radius 3 is 2.69 bits per heavy atom. The standard InChI is InChI=1S/C20H22N4O5/c1-11(2)17-19(26)24(18-14(29-17)8-9-15(21)23-18)10-16(25)22-13-7-5-4-6-12(13)20(27)28-3/h4-9,11,17H,10H2,1-3H3,(H2,21,23)(H,22,25). The Morgan fingerprint density at radius 1 is 1.28 bits per heavy atom. The third-order valence-corrected chi connectivity index (χ3v) is 4.39. The van der Waals surface area contributed by atoms with Crippen molar-refractivity contribution in [2.75, 3.05) is 29.6 Å². The van der Waals surface area contributed by atoms with Crippen molar-refractivity contribution in [1.82, 2.24) is 4.98 Å². The molecule has 1 unspecified atom stereocenters. The fraction of sp³-hybridized carbons (Fsp3) is 0.300. The number of anilines is 3. The molecule has 3 rings (SSSR count).